The van der Waals surface area contributed by atoms with Gasteiger partial charge in [0.1, 0.15) is 12.8 Å². The minimum absolute atomic E-state index is 0.162. The van der Waals surface area contributed by atoms with E-state index < -0.39 is 55.3 Å². The number of aliphatic hydroxyl groups is 1. The number of esters is 3. The average Bonchev–Trinajstić information content (AvgIpc) is 2.78. The third-order valence-corrected chi connectivity index (χ3v) is 4.57. The number of hydrogen-bond donors (Lipinski definition) is 1. The molecule has 0 amide bonds. The summed E-state index contributed by atoms with van der Waals surface area (Å²) < 4.78 is 34.6. The molecule has 0 unspecified atom stereocenters. The summed E-state index contributed by atoms with van der Waals surface area (Å²) in [6.07, 6.45) is -7.80. The highest BCUT2D eigenvalue weighted by atomic mass is 19.1. The molecule has 0 saturated carbocycles. The van der Waals surface area contributed by atoms with Crippen LogP contribution in [0.2, 0.25) is 0 Å². The third kappa shape index (κ3) is 5.44. The lowest BCUT2D eigenvalue weighted by atomic mass is 9.98. The predicted octanol–water partition coefficient (Wildman–Crippen LogP) is 2.06. The molecule has 1 heterocycles. The molecule has 0 spiro atoms. The number of hydrogen-bond acceptors (Lipinski definition) is 8. The van der Waals surface area contributed by atoms with Crippen LogP contribution >= 0.6 is 0 Å². The van der Waals surface area contributed by atoms with E-state index in [2.05, 4.69) is 0 Å². The zero-order chi connectivity index (χ0) is 22.4. The molecule has 1 N–H and O–H groups in total. The maximum absolute atomic E-state index is 13.6. The number of halogens is 1. The summed E-state index contributed by atoms with van der Waals surface area (Å²) in [6, 6.07) is 15.8. The van der Waals surface area contributed by atoms with Gasteiger partial charge in [0.05, 0.1) is 11.1 Å². The van der Waals surface area contributed by atoms with E-state index in [1.807, 2.05) is 0 Å². The molecule has 0 bridgehead atoms. The molecule has 8 nitrogen and oxygen atoms in total. The second-order valence-corrected chi connectivity index (χ2v) is 6.77. The lowest BCUT2D eigenvalue weighted by molar-refractivity contribution is -0.285. The van der Waals surface area contributed by atoms with Crippen LogP contribution in [0.1, 0.15) is 27.6 Å². The highest BCUT2D eigenvalue weighted by molar-refractivity contribution is 5.90. The van der Waals surface area contributed by atoms with Gasteiger partial charge in [-0.05, 0) is 24.3 Å². The van der Waals surface area contributed by atoms with Crippen LogP contribution < -0.4 is 0 Å². The van der Waals surface area contributed by atoms with Crippen molar-refractivity contribution >= 4 is 17.9 Å². The van der Waals surface area contributed by atoms with Crippen LogP contribution in [-0.4, -0.2) is 60.4 Å². The summed E-state index contributed by atoms with van der Waals surface area (Å²) in [5.41, 5.74) is 0.328. The highest BCUT2D eigenvalue weighted by Crippen LogP contribution is 2.29. The van der Waals surface area contributed by atoms with Crippen molar-refractivity contribution in [2.45, 2.75) is 37.6 Å². The SMILES string of the molecule is CC(=O)O[C@@H]1[C@H](OC(=O)c2ccccc2)[C@@H](OC(=O)c2ccccc2)[C@@H](O)O[C@@H]1CF. The van der Waals surface area contributed by atoms with E-state index in [4.69, 9.17) is 18.9 Å². The fourth-order valence-electron chi connectivity index (χ4n) is 3.14. The fourth-order valence-corrected chi connectivity index (χ4v) is 3.14. The summed E-state index contributed by atoms with van der Waals surface area (Å²) in [6.45, 7) is -0.0604. The van der Waals surface area contributed by atoms with Crippen LogP contribution in [0.3, 0.4) is 0 Å². The molecule has 1 aliphatic rings. The first-order chi connectivity index (χ1) is 14.9. The Kier molecular flexibility index (Phi) is 7.32. The van der Waals surface area contributed by atoms with Crippen LogP contribution in [0.15, 0.2) is 60.7 Å². The molecular weight excluding hydrogens is 411 g/mol. The van der Waals surface area contributed by atoms with Crippen LogP contribution in [0.4, 0.5) is 4.39 Å². The van der Waals surface area contributed by atoms with Gasteiger partial charge in [0.25, 0.3) is 0 Å². The number of ether oxygens (including phenoxy) is 4. The van der Waals surface area contributed by atoms with Crippen molar-refractivity contribution in [2.75, 3.05) is 6.67 Å². The van der Waals surface area contributed by atoms with Gasteiger partial charge in [0.2, 0.25) is 0 Å². The van der Waals surface area contributed by atoms with Gasteiger partial charge in [-0.2, -0.15) is 0 Å². The van der Waals surface area contributed by atoms with E-state index in [9.17, 15) is 23.9 Å². The molecular formula is C22H21FO8. The van der Waals surface area contributed by atoms with Gasteiger partial charge >= 0.3 is 17.9 Å². The van der Waals surface area contributed by atoms with Crippen molar-refractivity contribution < 1.29 is 42.8 Å². The standard InChI is InChI=1S/C22H21FO8/c1-13(24)28-17-16(12-23)29-22(27)19(31-21(26)15-10-6-3-7-11-15)18(17)30-20(25)14-8-4-2-5-9-14/h2-11,16-19,22,27H,12H2,1H3/t16-,17+,18+,19-,22+/m1/s1. The Balaban J connectivity index is 1.91. The van der Waals surface area contributed by atoms with Gasteiger partial charge in [0.15, 0.2) is 24.6 Å². The lowest BCUT2D eigenvalue weighted by Gasteiger charge is -2.42. The van der Waals surface area contributed by atoms with Crippen LogP contribution in [0.5, 0.6) is 0 Å². The largest absolute Gasteiger partial charge is 0.456 e. The van der Waals surface area contributed by atoms with Gasteiger partial charge in [0, 0.05) is 6.92 Å². The van der Waals surface area contributed by atoms with Crippen molar-refractivity contribution in [3.8, 4) is 0 Å². The van der Waals surface area contributed by atoms with E-state index >= 15 is 0 Å². The molecule has 0 aliphatic carbocycles. The Hall–Kier alpha value is -3.30. The number of carbonyl (C=O) groups is 3. The number of carbonyl (C=O) groups excluding carboxylic acids is 3. The fraction of sp³-hybridized carbons (Fsp3) is 0.318. The first-order valence-electron chi connectivity index (χ1n) is 9.49. The number of rotatable bonds is 6. The van der Waals surface area contributed by atoms with Gasteiger partial charge in [-0.1, -0.05) is 36.4 Å². The summed E-state index contributed by atoms with van der Waals surface area (Å²) in [7, 11) is 0. The number of aliphatic hydroxyl groups excluding tert-OH is 1. The first kappa shape index (κ1) is 22.4. The van der Waals surface area contributed by atoms with Crippen molar-refractivity contribution in [3.05, 3.63) is 71.8 Å². The van der Waals surface area contributed by atoms with E-state index in [1.54, 1.807) is 36.4 Å². The average molecular weight is 432 g/mol. The van der Waals surface area contributed by atoms with E-state index in [-0.39, 0.29) is 11.1 Å². The van der Waals surface area contributed by atoms with Crippen molar-refractivity contribution in [3.63, 3.8) is 0 Å². The van der Waals surface area contributed by atoms with Gasteiger partial charge < -0.3 is 24.1 Å². The summed E-state index contributed by atoms with van der Waals surface area (Å²) >= 11 is 0. The second-order valence-electron chi connectivity index (χ2n) is 6.77. The third-order valence-electron chi connectivity index (χ3n) is 4.57. The molecule has 3 rings (SSSR count). The van der Waals surface area contributed by atoms with E-state index in [0.717, 1.165) is 6.92 Å². The Morgan fingerprint density at radius 3 is 1.77 bits per heavy atom. The molecule has 164 valence electrons. The molecule has 0 aromatic heterocycles. The quantitative estimate of drug-likeness (QED) is 0.546. The lowest BCUT2D eigenvalue weighted by Crippen LogP contribution is -2.62. The molecule has 2 aromatic carbocycles. The Morgan fingerprint density at radius 1 is 0.839 bits per heavy atom. The molecule has 31 heavy (non-hydrogen) atoms. The van der Waals surface area contributed by atoms with Crippen LogP contribution in [-0.2, 0) is 23.7 Å². The molecule has 2 aromatic rings. The van der Waals surface area contributed by atoms with Gasteiger partial charge in [-0.3, -0.25) is 4.79 Å². The highest BCUT2D eigenvalue weighted by Gasteiger charge is 2.52. The van der Waals surface area contributed by atoms with Crippen molar-refractivity contribution in [1.82, 2.24) is 0 Å². The molecule has 0 radical (unpaired) electrons. The van der Waals surface area contributed by atoms with Crippen molar-refractivity contribution in [2.24, 2.45) is 0 Å². The number of alkyl halides is 1. The van der Waals surface area contributed by atoms with E-state index in [0.29, 0.717) is 0 Å². The molecule has 1 aliphatic heterocycles. The van der Waals surface area contributed by atoms with Crippen LogP contribution in [0.25, 0.3) is 0 Å². The first-order valence-corrected chi connectivity index (χ1v) is 9.49. The second kappa shape index (κ2) is 10.1. The predicted molar refractivity (Wildman–Crippen MR) is 104 cm³/mol. The Bertz CT molecular complexity index is 904. The summed E-state index contributed by atoms with van der Waals surface area (Å²) in [4.78, 5) is 36.8. The molecule has 9 heteroatoms. The van der Waals surface area contributed by atoms with Gasteiger partial charge in [-0.15, -0.1) is 0 Å². The maximum atomic E-state index is 13.6. The smallest absolute Gasteiger partial charge is 0.338 e. The number of benzene rings is 2. The minimum atomic E-state index is -1.83. The topological polar surface area (TPSA) is 108 Å². The Labute approximate surface area is 177 Å². The molecule has 1 saturated heterocycles. The normalized spacial score (nSPS) is 25.3. The van der Waals surface area contributed by atoms with E-state index in [1.165, 1.54) is 24.3 Å². The Morgan fingerprint density at radius 2 is 1.32 bits per heavy atom. The van der Waals surface area contributed by atoms with Crippen LogP contribution in [0, 0.1) is 0 Å². The monoisotopic (exact) mass is 432 g/mol. The minimum Gasteiger partial charge on any atom is -0.456 e. The van der Waals surface area contributed by atoms with Gasteiger partial charge in [-0.25, -0.2) is 14.0 Å². The summed E-state index contributed by atoms with van der Waals surface area (Å²) in [5.74, 6) is -2.47. The zero-order valence-corrected chi connectivity index (χ0v) is 16.6. The molecule has 1 fully saturated rings. The summed E-state index contributed by atoms with van der Waals surface area (Å²) in [5, 5.41) is 10.4. The van der Waals surface area contributed by atoms with Crippen molar-refractivity contribution in [1.29, 1.82) is 0 Å². The molecule has 5 atom stereocenters. The maximum Gasteiger partial charge on any atom is 0.338 e. The zero-order valence-electron chi connectivity index (χ0n) is 16.6.